The maximum Gasteiger partial charge on any atom is 0.0708 e. The molecule has 0 saturated carbocycles. The van der Waals surface area contributed by atoms with Gasteiger partial charge in [-0.1, -0.05) is 24.8 Å². The van der Waals surface area contributed by atoms with Gasteiger partial charge in [0.05, 0.1) is 5.69 Å². The zero-order valence-corrected chi connectivity index (χ0v) is 9.70. The fourth-order valence-electron chi connectivity index (χ4n) is 1.63. The van der Waals surface area contributed by atoms with Crippen molar-refractivity contribution in [2.45, 2.75) is 13.8 Å². The van der Waals surface area contributed by atoms with Crippen LogP contribution in [0.25, 0.3) is 17.3 Å². The van der Waals surface area contributed by atoms with Crippen LogP contribution in [-0.4, -0.2) is 4.98 Å². The van der Waals surface area contributed by atoms with Gasteiger partial charge in [-0.3, -0.25) is 4.98 Å². The van der Waals surface area contributed by atoms with E-state index in [0.29, 0.717) is 0 Å². The summed E-state index contributed by atoms with van der Waals surface area (Å²) >= 11 is 0. The van der Waals surface area contributed by atoms with Crippen molar-refractivity contribution < 1.29 is 0 Å². The van der Waals surface area contributed by atoms with Crippen molar-refractivity contribution in [2.75, 3.05) is 0 Å². The molecule has 16 heavy (non-hydrogen) atoms. The molecule has 1 aromatic heterocycles. The maximum absolute atomic E-state index is 4.38. The largest absolute Gasteiger partial charge is 0.256 e. The van der Waals surface area contributed by atoms with Crippen molar-refractivity contribution in [3.8, 4) is 11.3 Å². The van der Waals surface area contributed by atoms with E-state index in [2.05, 4.69) is 49.7 Å². The van der Waals surface area contributed by atoms with E-state index in [1.807, 2.05) is 18.3 Å². The molecule has 1 aromatic carbocycles. The highest BCUT2D eigenvalue weighted by Crippen LogP contribution is 2.21. The van der Waals surface area contributed by atoms with E-state index in [1.54, 1.807) is 0 Å². The molecule has 1 nitrogen and oxygen atoms in total. The molecule has 80 valence electrons. The van der Waals surface area contributed by atoms with Gasteiger partial charge >= 0.3 is 0 Å². The molecular formula is C15H15N. The lowest BCUT2D eigenvalue weighted by atomic mass is 10.0. The summed E-state index contributed by atoms with van der Waals surface area (Å²) in [6.45, 7) is 8.01. The average molecular weight is 209 g/mol. The third-order valence-electron chi connectivity index (χ3n) is 2.82. The van der Waals surface area contributed by atoms with Gasteiger partial charge in [0.1, 0.15) is 0 Å². The first-order valence-corrected chi connectivity index (χ1v) is 5.37. The summed E-state index contributed by atoms with van der Waals surface area (Å²) < 4.78 is 0. The Balaban J connectivity index is 2.49. The average Bonchev–Trinajstić information content (AvgIpc) is 2.33. The van der Waals surface area contributed by atoms with Crippen LogP contribution >= 0.6 is 0 Å². The fourth-order valence-corrected chi connectivity index (χ4v) is 1.63. The Morgan fingerprint density at radius 2 is 1.88 bits per heavy atom. The van der Waals surface area contributed by atoms with Crippen molar-refractivity contribution in [2.24, 2.45) is 0 Å². The first kappa shape index (κ1) is 10.6. The second-order valence-corrected chi connectivity index (χ2v) is 3.98. The number of aryl methyl sites for hydroxylation is 2. The van der Waals surface area contributed by atoms with Crippen molar-refractivity contribution in [3.63, 3.8) is 0 Å². The Labute approximate surface area is 96.5 Å². The predicted octanol–water partition coefficient (Wildman–Crippen LogP) is 4.01. The summed E-state index contributed by atoms with van der Waals surface area (Å²) in [5.74, 6) is 0. The summed E-state index contributed by atoms with van der Waals surface area (Å²) in [6, 6.07) is 10.4. The van der Waals surface area contributed by atoms with Crippen LogP contribution in [-0.2, 0) is 0 Å². The van der Waals surface area contributed by atoms with Gasteiger partial charge in [0.15, 0.2) is 0 Å². The first-order chi connectivity index (χ1) is 7.70. The van der Waals surface area contributed by atoms with Crippen LogP contribution < -0.4 is 0 Å². The summed E-state index contributed by atoms with van der Waals surface area (Å²) in [6.07, 6.45) is 3.66. The Hall–Kier alpha value is -1.89. The smallest absolute Gasteiger partial charge is 0.0708 e. The molecule has 0 fully saturated rings. The van der Waals surface area contributed by atoms with E-state index in [1.165, 1.54) is 11.1 Å². The van der Waals surface area contributed by atoms with E-state index in [0.717, 1.165) is 16.8 Å². The van der Waals surface area contributed by atoms with Crippen LogP contribution in [0.1, 0.15) is 16.7 Å². The van der Waals surface area contributed by atoms with Gasteiger partial charge in [-0.05, 0) is 48.7 Å². The van der Waals surface area contributed by atoms with Crippen LogP contribution in [0.15, 0.2) is 43.1 Å². The topological polar surface area (TPSA) is 12.9 Å². The lowest BCUT2D eigenvalue weighted by Crippen LogP contribution is -1.87. The van der Waals surface area contributed by atoms with Gasteiger partial charge in [-0.25, -0.2) is 0 Å². The lowest BCUT2D eigenvalue weighted by Gasteiger charge is -2.05. The zero-order chi connectivity index (χ0) is 11.5. The lowest BCUT2D eigenvalue weighted by molar-refractivity contribution is 1.29. The SMILES string of the molecule is C=Cc1ccnc(-c2ccc(C)c(C)c2)c1. The van der Waals surface area contributed by atoms with Gasteiger partial charge in [0.2, 0.25) is 0 Å². The monoisotopic (exact) mass is 209 g/mol. The van der Waals surface area contributed by atoms with Gasteiger partial charge in [0.25, 0.3) is 0 Å². The van der Waals surface area contributed by atoms with E-state index >= 15 is 0 Å². The Kier molecular flexibility index (Phi) is 2.86. The molecule has 0 radical (unpaired) electrons. The number of nitrogens with zero attached hydrogens (tertiary/aromatic N) is 1. The molecule has 0 saturated heterocycles. The highest BCUT2D eigenvalue weighted by molar-refractivity contribution is 5.64. The Morgan fingerprint density at radius 1 is 1.06 bits per heavy atom. The molecule has 1 heteroatoms. The summed E-state index contributed by atoms with van der Waals surface area (Å²) in [5, 5.41) is 0. The van der Waals surface area contributed by atoms with E-state index in [4.69, 9.17) is 0 Å². The number of benzene rings is 1. The van der Waals surface area contributed by atoms with Gasteiger partial charge in [-0.15, -0.1) is 0 Å². The third-order valence-corrected chi connectivity index (χ3v) is 2.82. The minimum atomic E-state index is 1.00. The molecule has 0 spiro atoms. The number of rotatable bonds is 2. The van der Waals surface area contributed by atoms with Crippen LogP contribution in [0.2, 0.25) is 0 Å². The number of hydrogen-bond donors (Lipinski definition) is 0. The normalized spacial score (nSPS) is 10.1. The number of aromatic nitrogens is 1. The maximum atomic E-state index is 4.38. The first-order valence-electron chi connectivity index (χ1n) is 5.37. The molecule has 2 rings (SSSR count). The summed E-state index contributed by atoms with van der Waals surface area (Å²) in [4.78, 5) is 4.38. The Morgan fingerprint density at radius 3 is 2.56 bits per heavy atom. The second-order valence-electron chi connectivity index (χ2n) is 3.98. The Bertz CT molecular complexity index is 527. The molecule has 0 N–H and O–H groups in total. The van der Waals surface area contributed by atoms with Crippen LogP contribution in [0.4, 0.5) is 0 Å². The van der Waals surface area contributed by atoms with Crippen molar-refractivity contribution in [1.29, 1.82) is 0 Å². The van der Waals surface area contributed by atoms with Crippen molar-refractivity contribution in [1.82, 2.24) is 4.98 Å². The number of hydrogen-bond acceptors (Lipinski definition) is 1. The van der Waals surface area contributed by atoms with Gasteiger partial charge in [-0.2, -0.15) is 0 Å². The molecule has 0 aliphatic rings. The fraction of sp³-hybridized carbons (Fsp3) is 0.133. The minimum Gasteiger partial charge on any atom is -0.256 e. The van der Waals surface area contributed by atoms with E-state index in [-0.39, 0.29) is 0 Å². The third kappa shape index (κ3) is 2.03. The number of pyridine rings is 1. The second kappa shape index (κ2) is 4.31. The molecule has 2 aromatic rings. The standard InChI is InChI=1S/C15H15N/c1-4-13-7-8-16-15(10-13)14-6-5-11(2)12(3)9-14/h4-10H,1H2,2-3H3. The van der Waals surface area contributed by atoms with Gasteiger partial charge < -0.3 is 0 Å². The molecule has 0 atom stereocenters. The van der Waals surface area contributed by atoms with Crippen molar-refractivity contribution in [3.05, 3.63) is 59.8 Å². The van der Waals surface area contributed by atoms with Crippen LogP contribution in [0.3, 0.4) is 0 Å². The highest BCUT2D eigenvalue weighted by Gasteiger charge is 2.01. The van der Waals surface area contributed by atoms with Crippen molar-refractivity contribution >= 4 is 6.08 Å². The molecule has 0 aliphatic carbocycles. The van der Waals surface area contributed by atoms with Gasteiger partial charge in [0, 0.05) is 11.8 Å². The van der Waals surface area contributed by atoms with E-state index in [9.17, 15) is 0 Å². The highest BCUT2D eigenvalue weighted by atomic mass is 14.7. The van der Waals surface area contributed by atoms with Crippen LogP contribution in [0, 0.1) is 13.8 Å². The summed E-state index contributed by atoms with van der Waals surface area (Å²) in [7, 11) is 0. The molecule has 0 bridgehead atoms. The quantitative estimate of drug-likeness (QED) is 0.728. The summed E-state index contributed by atoms with van der Waals surface area (Å²) in [5.41, 5.74) is 5.86. The predicted molar refractivity (Wildman–Crippen MR) is 69.2 cm³/mol. The molecular weight excluding hydrogens is 194 g/mol. The minimum absolute atomic E-state index is 1.00. The van der Waals surface area contributed by atoms with E-state index < -0.39 is 0 Å². The molecule has 1 heterocycles. The molecule has 0 unspecified atom stereocenters. The van der Waals surface area contributed by atoms with Crippen LogP contribution in [0.5, 0.6) is 0 Å². The zero-order valence-electron chi connectivity index (χ0n) is 9.70. The molecule has 0 aliphatic heterocycles. The molecule has 0 amide bonds.